The second-order valence-electron chi connectivity index (χ2n) is 6.26. The second kappa shape index (κ2) is 7.14. The largest absolute Gasteiger partial charge is 0.395 e. The summed E-state index contributed by atoms with van der Waals surface area (Å²) in [6, 6.07) is 11.0. The van der Waals surface area contributed by atoms with Crippen molar-refractivity contribution < 1.29 is 9.84 Å². The molecule has 1 spiro atoms. The highest BCUT2D eigenvalue weighted by Crippen LogP contribution is 2.38. The fourth-order valence-electron chi connectivity index (χ4n) is 3.44. The van der Waals surface area contributed by atoms with Gasteiger partial charge in [0.25, 0.3) is 0 Å². The zero-order valence-corrected chi connectivity index (χ0v) is 13.3. The average Bonchev–Trinajstić information content (AvgIpc) is 2.95. The predicted molar refractivity (Wildman–Crippen MR) is 87.8 cm³/mol. The van der Waals surface area contributed by atoms with Gasteiger partial charge in [-0.3, -0.25) is 0 Å². The summed E-state index contributed by atoms with van der Waals surface area (Å²) in [5.74, 6) is 2.35. The van der Waals surface area contributed by atoms with Gasteiger partial charge in [-0.15, -0.1) is 0 Å². The van der Waals surface area contributed by atoms with Gasteiger partial charge in [0.05, 0.1) is 12.2 Å². The molecule has 0 radical (unpaired) electrons. The minimum absolute atomic E-state index is 0.104. The number of rotatable bonds is 5. The number of benzene rings is 1. The topological polar surface area (TPSA) is 41.5 Å². The van der Waals surface area contributed by atoms with Gasteiger partial charge in [-0.05, 0) is 37.0 Å². The average molecular weight is 307 g/mol. The Kier molecular flexibility index (Phi) is 5.22. The first-order chi connectivity index (χ1) is 10.3. The van der Waals surface area contributed by atoms with Crippen molar-refractivity contribution in [2.45, 2.75) is 43.4 Å². The van der Waals surface area contributed by atoms with Crippen LogP contribution in [0.2, 0.25) is 0 Å². The third-order valence-corrected chi connectivity index (χ3v) is 5.80. The van der Waals surface area contributed by atoms with Gasteiger partial charge < -0.3 is 15.2 Å². The zero-order chi connectivity index (χ0) is 14.5. The van der Waals surface area contributed by atoms with E-state index in [0.29, 0.717) is 6.04 Å². The highest BCUT2D eigenvalue weighted by atomic mass is 32.2. The van der Waals surface area contributed by atoms with E-state index in [1.807, 2.05) is 17.8 Å². The molecule has 1 aromatic rings. The van der Waals surface area contributed by atoms with Gasteiger partial charge in [0, 0.05) is 24.4 Å². The molecule has 3 unspecified atom stereocenters. The highest BCUT2D eigenvalue weighted by molar-refractivity contribution is 7.99. The Hall–Kier alpha value is -0.550. The van der Waals surface area contributed by atoms with E-state index < -0.39 is 0 Å². The first-order valence-corrected chi connectivity index (χ1v) is 9.08. The van der Waals surface area contributed by atoms with Crippen LogP contribution in [0.4, 0.5) is 0 Å². The zero-order valence-electron chi connectivity index (χ0n) is 12.5. The Morgan fingerprint density at radius 2 is 2.24 bits per heavy atom. The minimum Gasteiger partial charge on any atom is -0.395 e. The summed E-state index contributed by atoms with van der Waals surface area (Å²) in [5, 5.41) is 13.3. The Labute approximate surface area is 131 Å². The van der Waals surface area contributed by atoms with Crippen LogP contribution in [-0.2, 0) is 11.2 Å². The number of nitrogens with one attached hydrogen (secondary N) is 1. The molecule has 116 valence electrons. The molecule has 4 heteroatoms. The van der Waals surface area contributed by atoms with Crippen LogP contribution in [0.1, 0.15) is 24.8 Å². The highest BCUT2D eigenvalue weighted by Gasteiger charge is 2.40. The van der Waals surface area contributed by atoms with Crippen molar-refractivity contribution in [1.29, 1.82) is 0 Å². The van der Waals surface area contributed by atoms with E-state index in [9.17, 15) is 5.11 Å². The number of aliphatic hydroxyl groups is 1. The normalized spacial score (nSPS) is 30.6. The predicted octanol–water partition coefficient (Wildman–Crippen LogP) is 2.23. The van der Waals surface area contributed by atoms with E-state index in [0.717, 1.165) is 31.6 Å². The Balaban J connectivity index is 1.56. The van der Waals surface area contributed by atoms with Gasteiger partial charge >= 0.3 is 0 Å². The maximum absolute atomic E-state index is 9.68. The summed E-state index contributed by atoms with van der Waals surface area (Å²) < 4.78 is 6.07. The number of hydrogen-bond acceptors (Lipinski definition) is 4. The van der Waals surface area contributed by atoms with E-state index in [-0.39, 0.29) is 18.2 Å². The number of thioether (sulfide) groups is 1. The molecule has 0 saturated carbocycles. The maximum atomic E-state index is 9.68. The van der Waals surface area contributed by atoms with Gasteiger partial charge in [0.2, 0.25) is 0 Å². The van der Waals surface area contributed by atoms with Crippen molar-refractivity contribution in [3.63, 3.8) is 0 Å². The van der Waals surface area contributed by atoms with Gasteiger partial charge in [0.1, 0.15) is 0 Å². The molecule has 3 rings (SSSR count). The molecule has 2 saturated heterocycles. The Morgan fingerprint density at radius 1 is 1.38 bits per heavy atom. The molecular formula is C17H25NO2S. The second-order valence-corrected chi connectivity index (χ2v) is 7.36. The van der Waals surface area contributed by atoms with Crippen molar-refractivity contribution in [1.82, 2.24) is 5.32 Å². The van der Waals surface area contributed by atoms with Crippen LogP contribution in [0.15, 0.2) is 30.3 Å². The summed E-state index contributed by atoms with van der Waals surface area (Å²) in [4.78, 5) is 0. The van der Waals surface area contributed by atoms with Gasteiger partial charge in [-0.2, -0.15) is 11.8 Å². The van der Waals surface area contributed by atoms with Crippen molar-refractivity contribution in [2.75, 3.05) is 24.7 Å². The van der Waals surface area contributed by atoms with E-state index in [2.05, 4.69) is 29.6 Å². The van der Waals surface area contributed by atoms with Crippen molar-refractivity contribution in [3.8, 4) is 0 Å². The van der Waals surface area contributed by atoms with Crippen LogP contribution in [0, 0.1) is 0 Å². The molecule has 0 aromatic heterocycles. The molecular weight excluding hydrogens is 282 g/mol. The monoisotopic (exact) mass is 307 g/mol. The van der Waals surface area contributed by atoms with Crippen LogP contribution in [0.3, 0.4) is 0 Å². The molecule has 2 heterocycles. The van der Waals surface area contributed by atoms with Gasteiger partial charge in [0.15, 0.2) is 0 Å². The molecule has 0 aliphatic carbocycles. The molecule has 21 heavy (non-hydrogen) atoms. The Bertz CT molecular complexity index is 434. The number of ether oxygens (including phenoxy) is 1. The van der Waals surface area contributed by atoms with Crippen LogP contribution in [0.25, 0.3) is 0 Å². The minimum atomic E-state index is 0.104. The van der Waals surface area contributed by atoms with Crippen molar-refractivity contribution >= 4 is 11.8 Å². The first kappa shape index (κ1) is 15.3. The molecule has 2 N–H and O–H groups in total. The summed E-state index contributed by atoms with van der Waals surface area (Å²) in [7, 11) is 0. The molecule has 0 bridgehead atoms. The van der Waals surface area contributed by atoms with Crippen LogP contribution in [-0.4, -0.2) is 47.5 Å². The summed E-state index contributed by atoms with van der Waals surface area (Å²) in [6.45, 7) is 1.04. The molecule has 2 aliphatic heterocycles. The smallest absolute Gasteiger partial charge is 0.0795 e. The number of aliphatic hydroxyl groups excluding tert-OH is 1. The maximum Gasteiger partial charge on any atom is 0.0795 e. The molecule has 1 aromatic carbocycles. The quantitative estimate of drug-likeness (QED) is 0.875. The van der Waals surface area contributed by atoms with Crippen molar-refractivity contribution in [2.24, 2.45) is 0 Å². The standard InChI is InChI=1S/C17H25NO2S/c19-12-16(10-14-4-2-1-3-5-14)18-15-6-8-20-17(11-15)7-9-21-13-17/h1-5,15-16,18-19H,6-13H2. The fraction of sp³-hybridized carbons (Fsp3) is 0.647. The summed E-state index contributed by atoms with van der Waals surface area (Å²) >= 11 is 2.01. The SMILES string of the molecule is OCC(Cc1ccccc1)NC1CCOC2(CCSC2)C1. The fourth-order valence-corrected chi connectivity index (χ4v) is 4.82. The van der Waals surface area contributed by atoms with E-state index in [1.165, 1.54) is 17.7 Å². The molecule has 3 atom stereocenters. The molecule has 3 nitrogen and oxygen atoms in total. The molecule has 2 fully saturated rings. The Morgan fingerprint density at radius 3 is 2.95 bits per heavy atom. The molecule has 2 aliphatic rings. The van der Waals surface area contributed by atoms with E-state index in [1.54, 1.807) is 0 Å². The molecule has 0 amide bonds. The van der Waals surface area contributed by atoms with E-state index in [4.69, 9.17) is 4.74 Å². The summed E-state index contributed by atoms with van der Waals surface area (Å²) in [5.41, 5.74) is 1.38. The van der Waals surface area contributed by atoms with Crippen LogP contribution < -0.4 is 5.32 Å². The third kappa shape index (κ3) is 4.01. The summed E-state index contributed by atoms with van der Waals surface area (Å²) in [6.07, 6.45) is 4.21. The van der Waals surface area contributed by atoms with Gasteiger partial charge in [-0.1, -0.05) is 30.3 Å². The lowest BCUT2D eigenvalue weighted by Crippen LogP contribution is -2.51. The third-order valence-electron chi connectivity index (χ3n) is 4.58. The van der Waals surface area contributed by atoms with Gasteiger partial charge in [-0.25, -0.2) is 0 Å². The number of hydrogen-bond donors (Lipinski definition) is 2. The lowest BCUT2D eigenvalue weighted by molar-refractivity contribution is -0.0719. The lowest BCUT2D eigenvalue weighted by Gasteiger charge is -2.39. The first-order valence-electron chi connectivity index (χ1n) is 7.92. The van der Waals surface area contributed by atoms with E-state index >= 15 is 0 Å². The lowest BCUT2D eigenvalue weighted by atomic mass is 9.89. The van der Waals surface area contributed by atoms with Crippen LogP contribution in [0.5, 0.6) is 0 Å². The van der Waals surface area contributed by atoms with Crippen LogP contribution >= 0.6 is 11.8 Å². The van der Waals surface area contributed by atoms with Crippen molar-refractivity contribution in [3.05, 3.63) is 35.9 Å².